The van der Waals surface area contributed by atoms with Crippen LogP contribution in [0.2, 0.25) is 0 Å². The van der Waals surface area contributed by atoms with Crippen LogP contribution >= 0.6 is 0 Å². The van der Waals surface area contributed by atoms with Crippen molar-refractivity contribution in [3.05, 3.63) is 0 Å². The average molecular weight is 320 g/mol. The summed E-state index contributed by atoms with van der Waals surface area (Å²) in [5.41, 5.74) is 0. The molecule has 5 heteroatoms. The van der Waals surface area contributed by atoms with E-state index in [0.29, 0.717) is 0 Å². The summed E-state index contributed by atoms with van der Waals surface area (Å²) in [6, 6.07) is 0. The maximum Gasteiger partial charge on any atom is 3.00 e. The van der Waals surface area contributed by atoms with Gasteiger partial charge in [-0.05, 0) is 0 Å². The first-order valence-electron chi connectivity index (χ1n) is 0.447. The molecule has 0 rings (SSSR count). The number of hydrogen-bond donors (Lipinski definition) is 1. The third kappa shape index (κ3) is 35.8. The van der Waals surface area contributed by atoms with Gasteiger partial charge >= 0.3 is 21.7 Å². The van der Waals surface area contributed by atoms with Crippen molar-refractivity contribution < 1.29 is 77.8 Å². The van der Waals surface area contributed by atoms with Crippen LogP contribution < -0.4 is 50.9 Å². The van der Waals surface area contributed by atoms with E-state index >= 15 is 0 Å². The summed E-state index contributed by atoms with van der Waals surface area (Å²) < 4.78 is 0. The molecule has 6 heavy (non-hydrogen) atoms. The fourth-order valence-electron chi connectivity index (χ4n) is 0. The minimum absolute atomic E-state index is 0. The number of aliphatic hydroxyl groups is 1. The minimum atomic E-state index is 0. The third-order valence-electron chi connectivity index (χ3n) is 0. The zero-order valence-corrected chi connectivity index (χ0v) is 9.40. The smallest absolute Gasteiger partial charge is 1.00 e. The molecule has 0 unspecified atom stereocenters. The second-order valence-corrected chi connectivity index (χ2v) is 0. The van der Waals surface area contributed by atoms with Crippen molar-refractivity contribution in [3.8, 4) is 0 Å². The summed E-state index contributed by atoms with van der Waals surface area (Å²) in [4.78, 5) is 0. The van der Waals surface area contributed by atoms with E-state index in [-0.39, 0.29) is 72.7 Å². The first-order valence-corrected chi connectivity index (χ1v) is 0.447. The van der Waals surface area contributed by atoms with E-state index in [1.165, 1.54) is 0 Å². The summed E-state index contributed by atoms with van der Waals surface area (Å²) >= 11 is 0. The fraction of sp³-hybridized carbons (Fsp3) is 1.00. The Balaban J connectivity index is -0.000000000833. The average Bonchev–Trinajstić information content (AvgIpc) is 1.00. The van der Waals surface area contributed by atoms with Crippen molar-refractivity contribution in [2.75, 3.05) is 7.11 Å². The summed E-state index contributed by atoms with van der Waals surface area (Å²) in [6.07, 6.45) is 0. The van der Waals surface area contributed by atoms with Gasteiger partial charge in [0.2, 0.25) is 0 Å². The molecular formula is CH4Br3OTi. The number of rotatable bonds is 0. The zero-order valence-electron chi connectivity index (χ0n) is 3.08. The molecule has 0 amide bonds. The van der Waals surface area contributed by atoms with Crippen LogP contribution in [0.15, 0.2) is 0 Å². The summed E-state index contributed by atoms with van der Waals surface area (Å²) in [5, 5.41) is 7.00. The van der Waals surface area contributed by atoms with Gasteiger partial charge in [-0.2, -0.15) is 0 Å². The van der Waals surface area contributed by atoms with Crippen LogP contribution in [0, 0.1) is 0 Å². The molecule has 39 valence electrons. The van der Waals surface area contributed by atoms with E-state index in [9.17, 15) is 0 Å². The van der Waals surface area contributed by atoms with Gasteiger partial charge in [-0.1, -0.05) is 0 Å². The zero-order chi connectivity index (χ0) is 2.00. The predicted molar refractivity (Wildman–Crippen MR) is 8.14 cm³/mol. The Morgan fingerprint density at radius 1 is 0.833 bits per heavy atom. The monoisotopic (exact) mass is 317 g/mol. The van der Waals surface area contributed by atoms with E-state index in [2.05, 4.69) is 0 Å². The molecule has 1 nitrogen and oxygen atoms in total. The van der Waals surface area contributed by atoms with Crippen LogP contribution in [0.4, 0.5) is 0 Å². The van der Waals surface area contributed by atoms with Crippen LogP contribution in [0.1, 0.15) is 0 Å². The van der Waals surface area contributed by atoms with Crippen molar-refractivity contribution in [2.45, 2.75) is 0 Å². The molecule has 0 aliphatic carbocycles. The standard InChI is InChI=1S/CH4O.3BrH.Ti/c1-2;;;;/h2H,1H3;3*1H;/q;;;;+3/p-3. The van der Waals surface area contributed by atoms with E-state index in [0.717, 1.165) is 7.11 Å². The molecule has 0 spiro atoms. The Morgan fingerprint density at radius 3 is 0.833 bits per heavy atom. The van der Waals surface area contributed by atoms with E-state index < -0.39 is 0 Å². The molecule has 0 aromatic rings. The van der Waals surface area contributed by atoms with E-state index in [1.54, 1.807) is 0 Å². The molecule has 0 aromatic heterocycles. The predicted octanol–water partition coefficient (Wildman–Crippen LogP) is -9.38. The first-order chi connectivity index (χ1) is 1.00. The van der Waals surface area contributed by atoms with Gasteiger partial charge in [-0.3, -0.25) is 0 Å². The molecule has 0 saturated heterocycles. The molecule has 0 aliphatic rings. The topological polar surface area (TPSA) is 20.2 Å². The normalized spacial score (nSPS) is 1.00. The van der Waals surface area contributed by atoms with Gasteiger partial charge < -0.3 is 56.1 Å². The maximum absolute atomic E-state index is 7.00. The van der Waals surface area contributed by atoms with Gasteiger partial charge in [-0.25, -0.2) is 0 Å². The molecule has 0 saturated carbocycles. The largest absolute Gasteiger partial charge is 3.00 e. The first kappa shape index (κ1) is 42.3. The Bertz CT molecular complexity index is 10.8. The Morgan fingerprint density at radius 2 is 0.833 bits per heavy atom. The van der Waals surface area contributed by atoms with E-state index in [1.807, 2.05) is 0 Å². The van der Waals surface area contributed by atoms with Crippen LogP contribution in [-0.4, -0.2) is 12.2 Å². The molecule has 1 N–H and O–H groups in total. The van der Waals surface area contributed by atoms with Gasteiger partial charge in [0.25, 0.3) is 0 Å². The van der Waals surface area contributed by atoms with E-state index in [4.69, 9.17) is 5.11 Å². The van der Waals surface area contributed by atoms with Gasteiger partial charge in [-0.15, -0.1) is 0 Å². The number of aliphatic hydroxyl groups excluding tert-OH is 1. The molecule has 0 fully saturated rings. The second-order valence-electron chi connectivity index (χ2n) is 0. The summed E-state index contributed by atoms with van der Waals surface area (Å²) in [7, 11) is 1.00. The maximum atomic E-state index is 7.00. The van der Waals surface area contributed by atoms with Gasteiger partial charge in [0.1, 0.15) is 0 Å². The molecule has 0 atom stereocenters. The SMILES string of the molecule is CO.[Br-].[Br-].[Br-].[Ti+3]. The Kier molecular flexibility index (Phi) is 420. The van der Waals surface area contributed by atoms with Crippen LogP contribution in [0.25, 0.3) is 0 Å². The molecule has 1 radical (unpaired) electrons. The number of hydrogen-bond acceptors (Lipinski definition) is 1. The van der Waals surface area contributed by atoms with Crippen LogP contribution in [0.5, 0.6) is 0 Å². The molecule has 0 aromatic carbocycles. The summed E-state index contributed by atoms with van der Waals surface area (Å²) in [6.45, 7) is 0. The number of halogens is 3. The third-order valence-corrected chi connectivity index (χ3v) is 0. The minimum Gasteiger partial charge on any atom is -1.00 e. The van der Waals surface area contributed by atoms with Crippen molar-refractivity contribution in [1.29, 1.82) is 0 Å². The van der Waals surface area contributed by atoms with Crippen LogP contribution in [-0.2, 0) is 21.7 Å². The molecule has 0 heterocycles. The van der Waals surface area contributed by atoms with Crippen molar-refractivity contribution in [1.82, 2.24) is 0 Å². The van der Waals surface area contributed by atoms with Crippen molar-refractivity contribution in [2.24, 2.45) is 0 Å². The molecular weight excluding hydrogens is 316 g/mol. The Hall–Kier alpha value is 2.11. The van der Waals surface area contributed by atoms with Gasteiger partial charge in [0.05, 0.1) is 0 Å². The quantitative estimate of drug-likeness (QED) is 0.440. The van der Waals surface area contributed by atoms with Gasteiger partial charge in [0, 0.05) is 7.11 Å². The summed E-state index contributed by atoms with van der Waals surface area (Å²) in [5.74, 6) is 0. The van der Waals surface area contributed by atoms with Crippen molar-refractivity contribution >= 4 is 0 Å². The van der Waals surface area contributed by atoms with Gasteiger partial charge in [0.15, 0.2) is 0 Å². The molecule has 0 bridgehead atoms. The Labute approximate surface area is 84.1 Å². The van der Waals surface area contributed by atoms with Crippen molar-refractivity contribution in [3.63, 3.8) is 0 Å². The van der Waals surface area contributed by atoms with Crippen LogP contribution in [0.3, 0.4) is 0 Å². The second kappa shape index (κ2) is 59.5. The molecule has 0 aliphatic heterocycles. The fourth-order valence-corrected chi connectivity index (χ4v) is 0.